The van der Waals surface area contributed by atoms with E-state index >= 15 is 0 Å². The third-order valence-corrected chi connectivity index (χ3v) is 6.96. The molecule has 194 valence electrons. The SMILES string of the molecule is COc1ccc(CC(NC(=O)C2CC(NC(=O)Cc3cccs3)CCN2C(=O)C(C)O)C(N)=O)cc1. The molecule has 0 saturated carbocycles. The molecule has 4 amide bonds. The summed E-state index contributed by atoms with van der Waals surface area (Å²) < 4.78 is 5.14. The summed E-state index contributed by atoms with van der Waals surface area (Å²) in [6.45, 7) is 1.51. The molecule has 3 rings (SSSR count). The number of carbonyl (C=O) groups excluding carboxylic acids is 4. The molecule has 0 radical (unpaired) electrons. The van der Waals surface area contributed by atoms with Crippen LogP contribution in [-0.2, 0) is 32.0 Å². The number of piperidine rings is 1. The van der Waals surface area contributed by atoms with Gasteiger partial charge in [0.15, 0.2) is 0 Å². The molecule has 11 heteroatoms. The second-order valence-corrected chi connectivity index (χ2v) is 9.82. The molecule has 0 spiro atoms. The third kappa shape index (κ3) is 7.28. The van der Waals surface area contributed by atoms with Crippen molar-refractivity contribution in [2.45, 2.75) is 56.8 Å². The predicted molar refractivity (Wildman–Crippen MR) is 134 cm³/mol. The molecular formula is C25H32N4O6S. The molecule has 10 nitrogen and oxygen atoms in total. The van der Waals surface area contributed by atoms with E-state index in [0.717, 1.165) is 10.4 Å². The number of hydrogen-bond donors (Lipinski definition) is 4. The number of nitrogens with zero attached hydrogens (tertiary/aromatic N) is 1. The van der Waals surface area contributed by atoms with Gasteiger partial charge in [0, 0.05) is 23.9 Å². The minimum absolute atomic E-state index is 0.147. The Morgan fingerprint density at radius 2 is 1.94 bits per heavy atom. The Kier molecular flexibility index (Phi) is 9.43. The lowest BCUT2D eigenvalue weighted by Gasteiger charge is -2.39. The zero-order chi connectivity index (χ0) is 26.2. The molecule has 0 aliphatic carbocycles. The van der Waals surface area contributed by atoms with Crippen LogP contribution in [0.1, 0.15) is 30.2 Å². The van der Waals surface area contributed by atoms with Crippen molar-refractivity contribution in [3.05, 3.63) is 52.2 Å². The molecule has 1 aliphatic heterocycles. The van der Waals surface area contributed by atoms with Crippen LogP contribution < -0.4 is 21.1 Å². The molecule has 5 N–H and O–H groups in total. The van der Waals surface area contributed by atoms with Gasteiger partial charge >= 0.3 is 0 Å². The molecule has 36 heavy (non-hydrogen) atoms. The largest absolute Gasteiger partial charge is 0.497 e. The Morgan fingerprint density at radius 1 is 1.22 bits per heavy atom. The van der Waals surface area contributed by atoms with Crippen molar-refractivity contribution >= 4 is 35.0 Å². The van der Waals surface area contributed by atoms with Crippen LogP contribution in [0.4, 0.5) is 0 Å². The number of nitrogens with two attached hydrogens (primary N) is 1. The fraction of sp³-hybridized carbons (Fsp3) is 0.440. The zero-order valence-corrected chi connectivity index (χ0v) is 21.1. The van der Waals surface area contributed by atoms with Crippen LogP contribution in [0.3, 0.4) is 0 Å². The number of rotatable bonds is 10. The van der Waals surface area contributed by atoms with E-state index < -0.39 is 35.9 Å². The van der Waals surface area contributed by atoms with Crippen molar-refractivity contribution < 1.29 is 29.0 Å². The van der Waals surface area contributed by atoms with Crippen molar-refractivity contribution in [1.82, 2.24) is 15.5 Å². The van der Waals surface area contributed by atoms with E-state index in [-0.39, 0.29) is 37.8 Å². The number of methoxy groups -OCH3 is 1. The van der Waals surface area contributed by atoms with Crippen molar-refractivity contribution in [2.24, 2.45) is 5.73 Å². The minimum Gasteiger partial charge on any atom is -0.497 e. The number of ether oxygens (including phenoxy) is 1. The first-order valence-electron chi connectivity index (χ1n) is 11.7. The number of amides is 4. The van der Waals surface area contributed by atoms with Gasteiger partial charge in [0.05, 0.1) is 13.5 Å². The minimum atomic E-state index is -1.29. The van der Waals surface area contributed by atoms with Crippen LogP contribution in [0.5, 0.6) is 5.75 Å². The first kappa shape index (κ1) is 27.2. The average Bonchev–Trinajstić information content (AvgIpc) is 3.36. The van der Waals surface area contributed by atoms with Crippen LogP contribution >= 0.6 is 11.3 Å². The third-order valence-electron chi connectivity index (χ3n) is 6.08. The molecule has 1 aromatic heterocycles. The second-order valence-electron chi connectivity index (χ2n) is 8.78. The predicted octanol–water partition coefficient (Wildman–Crippen LogP) is 0.369. The fourth-order valence-electron chi connectivity index (χ4n) is 4.19. The van der Waals surface area contributed by atoms with Crippen LogP contribution in [0.2, 0.25) is 0 Å². The standard InChI is InChI=1S/C25H32N4O6S/c1-15(30)25(34)29-10-9-17(27-22(31)14-19-4-3-11-36-19)13-21(29)24(33)28-20(23(26)32)12-16-5-7-18(35-2)8-6-16/h3-8,11,15,17,20-21,30H,9-10,12-14H2,1-2H3,(H2,26,32)(H,27,31)(H,28,33). The van der Waals surface area contributed by atoms with Crippen molar-refractivity contribution in [2.75, 3.05) is 13.7 Å². The summed E-state index contributed by atoms with van der Waals surface area (Å²) in [4.78, 5) is 52.8. The number of likely N-dealkylation sites (tertiary alicyclic amines) is 1. The maximum atomic E-state index is 13.3. The number of thiophene rings is 1. The summed E-state index contributed by atoms with van der Waals surface area (Å²) in [6.07, 6.45) is -0.329. The Bertz CT molecular complexity index is 1060. The molecule has 1 saturated heterocycles. The maximum absolute atomic E-state index is 13.3. The van der Waals surface area contributed by atoms with Crippen molar-refractivity contribution in [3.63, 3.8) is 0 Å². The Balaban J connectivity index is 1.70. The van der Waals surface area contributed by atoms with Gasteiger partial charge in [0.2, 0.25) is 17.7 Å². The van der Waals surface area contributed by atoms with Gasteiger partial charge in [-0.2, -0.15) is 0 Å². The molecule has 1 aliphatic rings. The van der Waals surface area contributed by atoms with Gasteiger partial charge in [-0.15, -0.1) is 11.3 Å². The number of hydrogen-bond acceptors (Lipinski definition) is 7. The molecular weight excluding hydrogens is 484 g/mol. The van der Waals surface area contributed by atoms with E-state index in [9.17, 15) is 24.3 Å². The summed E-state index contributed by atoms with van der Waals surface area (Å²) >= 11 is 1.48. The van der Waals surface area contributed by atoms with Gasteiger partial charge in [-0.1, -0.05) is 18.2 Å². The highest BCUT2D eigenvalue weighted by Gasteiger charge is 2.39. The van der Waals surface area contributed by atoms with Crippen LogP contribution in [0.25, 0.3) is 0 Å². The number of aliphatic hydroxyl groups is 1. The number of nitrogens with one attached hydrogen (secondary N) is 2. The van der Waals surface area contributed by atoms with Gasteiger partial charge in [-0.05, 0) is 48.9 Å². The van der Waals surface area contributed by atoms with Crippen molar-refractivity contribution in [3.8, 4) is 5.75 Å². The smallest absolute Gasteiger partial charge is 0.251 e. The summed E-state index contributed by atoms with van der Waals surface area (Å²) in [5, 5.41) is 17.4. The van der Waals surface area contributed by atoms with Crippen LogP contribution in [-0.4, -0.2) is 71.5 Å². The Labute approximate surface area is 213 Å². The van der Waals surface area contributed by atoms with E-state index in [2.05, 4.69) is 10.6 Å². The summed E-state index contributed by atoms with van der Waals surface area (Å²) in [7, 11) is 1.55. The molecule has 4 unspecified atom stereocenters. The van der Waals surface area contributed by atoms with E-state index in [1.807, 2.05) is 17.5 Å². The van der Waals surface area contributed by atoms with E-state index in [1.54, 1.807) is 31.4 Å². The van der Waals surface area contributed by atoms with Gasteiger partial charge < -0.3 is 31.1 Å². The topological polar surface area (TPSA) is 151 Å². The second kappa shape index (κ2) is 12.5. The molecule has 2 aromatic rings. The highest BCUT2D eigenvalue weighted by molar-refractivity contribution is 7.10. The van der Waals surface area contributed by atoms with Gasteiger partial charge in [0.1, 0.15) is 23.9 Å². The number of benzene rings is 1. The lowest BCUT2D eigenvalue weighted by atomic mass is 9.94. The zero-order valence-electron chi connectivity index (χ0n) is 20.3. The van der Waals surface area contributed by atoms with Crippen LogP contribution in [0, 0.1) is 0 Å². The highest BCUT2D eigenvalue weighted by Crippen LogP contribution is 2.21. The molecule has 1 aromatic carbocycles. The first-order valence-corrected chi connectivity index (χ1v) is 12.6. The maximum Gasteiger partial charge on any atom is 0.251 e. The number of aliphatic hydroxyl groups excluding tert-OH is 1. The quantitative estimate of drug-likeness (QED) is 0.358. The molecule has 2 heterocycles. The number of carbonyl (C=O) groups is 4. The van der Waals surface area contributed by atoms with E-state index in [0.29, 0.717) is 12.2 Å². The van der Waals surface area contributed by atoms with Gasteiger partial charge in [-0.3, -0.25) is 19.2 Å². The highest BCUT2D eigenvalue weighted by atomic mass is 32.1. The summed E-state index contributed by atoms with van der Waals surface area (Å²) in [5.74, 6) is -1.40. The molecule has 4 atom stereocenters. The summed E-state index contributed by atoms with van der Waals surface area (Å²) in [6, 6.07) is 8.42. The summed E-state index contributed by atoms with van der Waals surface area (Å²) in [5.41, 5.74) is 6.33. The lowest BCUT2D eigenvalue weighted by Crippen LogP contribution is -2.61. The van der Waals surface area contributed by atoms with E-state index in [1.165, 1.54) is 23.2 Å². The van der Waals surface area contributed by atoms with Crippen molar-refractivity contribution in [1.29, 1.82) is 0 Å². The van der Waals surface area contributed by atoms with Gasteiger partial charge in [-0.25, -0.2) is 0 Å². The van der Waals surface area contributed by atoms with Crippen LogP contribution in [0.15, 0.2) is 41.8 Å². The fourth-order valence-corrected chi connectivity index (χ4v) is 4.89. The monoisotopic (exact) mass is 516 g/mol. The first-order chi connectivity index (χ1) is 17.2. The number of primary amides is 1. The Hall–Kier alpha value is -3.44. The molecule has 0 bridgehead atoms. The van der Waals surface area contributed by atoms with Gasteiger partial charge in [0.25, 0.3) is 5.91 Å². The molecule has 1 fully saturated rings. The average molecular weight is 517 g/mol. The van der Waals surface area contributed by atoms with E-state index in [4.69, 9.17) is 10.5 Å². The normalized spacial score (nSPS) is 19.1. The Morgan fingerprint density at radius 3 is 2.53 bits per heavy atom. The lowest BCUT2D eigenvalue weighted by molar-refractivity contribution is -0.149.